The monoisotopic (exact) mass is 416 g/mol. The first kappa shape index (κ1) is 20.3. The van der Waals surface area contributed by atoms with Crippen LogP contribution in [0.15, 0.2) is 58.9 Å². The minimum Gasteiger partial charge on any atom is -0.356 e. The van der Waals surface area contributed by atoms with E-state index in [2.05, 4.69) is 15.5 Å². The van der Waals surface area contributed by atoms with Crippen LogP contribution in [0, 0.1) is 5.82 Å². The molecule has 1 N–H and O–H groups in total. The molecule has 0 fully saturated rings. The summed E-state index contributed by atoms with van der Waals surface area (Å²) in [6.07, 6.45) is 0. The number of carbonyl (C=O) groups is 1. The fraction of sp³-hybridized carbons (Fsp3) is 0.250. The number of nitrogens with one attached hydrogen (secondary N) is 1. The van der Waals surface area contributed by atoms with E-state index in [1.165, 1.54) is 35.2 Å². The minimum absolute atomic E-state index is 0.0387. The molecule has 1 atom stereocenters. The van der Waals surface area contributed by atoms with Gasteiger partial charge in [0.2, 0.25) is 11.0 Å². The third-order valence-electron chi connectivity index (χ3n) is 4.00. The van der Waals surface area contributed by atoms with Gasteiger partial charge < -0.3 is 10.2 Å². The van der Waals surface area contributed by atoms with E-state index in [4.69, 9.17) is 0 Å². The van der Waals surface area contributed by atoms with Crippen molar-refractivity contribution in [3.05, 3.63) is 71.5 Å². The maximum Gasteiger partial charge on any atom is 0.235 e. The predicted molar refractivity (Wildman–Crippen MR) is 112 cm³/mol. The molecule has 8 heteroatoms. The van der Waals surface area contributed by atoms with Crippen LogP contribution in [0.3, 0.4) is 0 Å². The van der Waals surface area contributed by atoms with Crippen molar-refractivity contribution in [2.24, 2.45) is 0 Å². The number of hydrogen-bond acceptors (Lipinski definition) is 6. The van der Waals surface area contributed by atoms with Gasteiger partial charge in [0.05, 0.1) is 5.25 Å². The van der Waals surface area contributed by atoms with Gasteiger partial charge in [-0.15, -0.1) is 10.2 Å². The summed E-state index contributed by atoms with van der Waals surface area (Å²) in [6.45, 7) is 2.88. The highest BCUT2D eigenvalue weighted by atomic mass is 32.2. The topological polar surface area (TPSA) is 58.1 Å². The fourth-order valence-electron chi connectivity index (χ4n) is 2.60. The van der Waals surface area contributed by atoms with Gasteiger partial charge >= 0.3 is 0 Å². The summed E-state index contributed by atoms with van der Waals surface area (Å²) in [4.78, 5) is 14.2. The van der Waals surface area contributed by atoms with Crippen LogP contribution in [-0.4, -0.2) is 33.3 Å². The highest BCUT2D eigenvalue weighted by Gasteiger charge is 2.21. The van der Waals surface area contributed by atoms with Crippen molar-refractivity contribution in [2.75, 3.05) is 12.4 Å². The SMILES string of the molecule is C[C@H](Sc1nnc(NCc2ccccc2)s1)C(=O)N(C)Cc1cccc(F)c1. The van der Waals surface area contributed by atoms with E-state index in [-0.39, 0.29) is 17.0 Å². The zero-order valence-electron chi connectivity index (χ0n) is 15.6. The van der Waals surface area contributed by atoms with E-state index in [1.54, 1.807) is 24.1 Å². The second-order valence-corrected chi connectivity index (χ2v) is 8.86. The Labute approximate surface area is 172 Å². The average molecular weight is 417 g/mol. The summed E-state index contributed by atoms with van der Waals surface area (Å²) in [6, 6.07) is 16.3. The third-order valence-corrected chi connectivity index (χ3v) is 6.06. The van der Waals surface area contributed by atoms with Gasteiger partial charge in [0.15, 0.2) is 4.34 Å². The molecule has 3 aromatic rings. The van der Waals surface area contributed by atoms with E-state index in [0.717, 1.165) is 20.6 Å². The van der Waals surface area contributed by atoms with Crippen molar-refractivity contribution in [1.29, 1.82) is 0 Å². The Balaban J connectivity index is 1.51. The molecule has 0 unspecified atom stereocenters. The van der Waals surface area contributed by atoms with Crippen LogP contribution in [0.25, 0.3) is 0 Å². The summed E-state index contributed by atoms with van der Waals surface area (Å²) in [5, 5.41) is 11.9. The van der Waals surface area contributed by atoms with E-state index in [1.807, 2.05) is 37.3 Å². The maximum atomic E-state index is 13.3. The van der Waals surface area contributed by atoms with E-state index >= 15 is 0 Å². The molecule has 0 aliphatic rings. The van der Waals surface area contributed by atoms with Gasteiger partial charge in [-0.05, 0) is 30.2 Å². The van der Waals surface area contributed by atoms with Crippen molar-refractivity contribution in [3.63, 3.8) is 0 Å². The molecule has 5 nitrogen and oxygen atoms in total. The zero-order valence-corrected chi connectivity index (χ0v) is 17.3. The van der Waals surface area contributed by atoms with E-state index in [0.29, 0.717) is 13.1 Å². The number of thioether (sulfide) groups is 1. The molecule has 146 valence electrons. The Morgan fingerprint density at radius 3 is 2.68 bits per heavy atom. The van der Waals surface area contributed by atoms with Crippen LogP contribution in [-0.2, 0) is 17.9 Å². The summed E-state index contributed by atoms with van der Waals surface area (Å²) in [5.41, 5.74) is 1.92. The molecule has 0 spiro atoms. The second-order valence-electron chi connectivity index (χ2n) is 6.30. The molecule has 2 aromatic carbocycles. The molecule has 0 bridgehead atoms. The molecule has 1 aromatic heterocycles. The molecular formula is C20H21FN4OS2. The summed E-state index contributed by atoms with van der Waals surface area (Å²) in [7, 11) is 1.72. The van der Waals surface area contributed by atoms with Gasteiger partial charge in [0.25, 0.3) is 0 Å². The van der Waals surface area contributed by atoms with E-state index < -0.39 is 0 Å². The lowest BCUT2D eigenvalue weighted by Crippen LogP contribution is -2.32. The van der Waals surface area contributed by atoms with Crippen molar-refractivity contribution in [3.8, 4) is 0 Å². The van der Waals surface area contributed by atoms with Crippen molar-refractivity contribution in [1.82, 2.24) is 15.1 Å². The smallest absolute Gasteiger partial charge is 0.235 e. The van der Waals surface area contributed by atoms with Crippen LogP contribution in [0.1, 0.15) is 18.1 Å². The highest BCUT2D eigenvalue weighted by Crippen LogP contribution is 2.30. The van der Waals surface area contributed by atoms with Crippen LogP contribution in [0.5, 0.6) is 0 Å². The average Bonchev–Trinajstić information content (AvgIpc) is 3.14. The number of carbonyl (C=O) groups excluding carboxylic acids is 1. The van der Waals surface area contributed by atoms with Crippen LogP contribution < -0.4 is 5.32 Å². The van der Waals surface area contributed by atoms with E-state index in [9.17, 15) is 9.18 Å². The lowest BCUT2D eigenvalue weighted by Gasteiger charge is -2.20. The number of anilines is 1. The Kier molecular flexibility index (Phi) is 7.00. The number of amides is 1. The van der Waals surface area contributed by atoms with Gasteiger partial charge in [-0.3, -0.25) is 4.79 Å². The third kappa shape index (κ3) is 5.77. The molecule has 0 radical (unpaired) electrons. The molecule has 1 amide bonds. The molecule has 1 heterocycles. The molecule has 3 rings (SSSR count). The van der Waals surface area contributed by atoms with Crippen molar-refractivity contribution in [2.45, 2.75) is 29.6 Å². The summed E-state index contributed by atoms with van der Waals surface area (Å²) in [5.74, 6) is -0.339. The van der Waals surface area contributed by atoms with Crippen LogP contribution in [0.2, 0.25) is 0 Å². The second kappa shape index (κ2) is 9.66. The van der Waals surface area contributed by atoms with Crippen LogP contribution in [0.4, 0.5) is 9.52 Å². The number of hydrogen-bond donors (Lipinski definition) is 1. The quantitative estimate of drug-likeness (QED) is 0.551. The first-order valence-electron chi connectivity index (χ1n) is 8.78. The van der Waals surface area contributed by atoms with Gasteiger partial charge in [-0.2, -0.15) is 0 Å². The maximum absolute atomic E-state index is 13.3. The van der Waals surface area contributed by atoms with Crippen LogP contribution >= 0.6 is 23.1 Å². The first-order valence-corrected chi connectivity index (χ1v) is 10.5. The normalized spacial score (nSPS) is 11.8. The number of benzene rings is 2. The lowest BCUT2D eigenvalue weighted by atomic mass is 10.2. The van der Waals surface area contributed by atoms with Gasteiger partial charge in [0, 0.05) is 20.1 Å². The van der Waals surface area contributed by atoms with Gasteiger partial charge in [0.1, 0.15) is 5.82 Å². The number of halogens is 1. The Bertz CT molecular complexity index is 919. The number of rotatable bonds is 8. The molecule has 0 saturated heterocycles. The molecule has 0 aliphatic carbocycles. The highest BCUT2D eigenvalue weighted by molar-refractivity contribution is 8.02. The Morgan fingerprint density at radius 1 is 1.18 bits per heavy atom. The lowest BCUT2D eigenvalue weighted by molar-refractivity contribution is -0.129. The Hall–Kier alpha value is -2.45. The largest absolute Gasteiger partial charge is 0.356 e. The minimum atomic E-state index is -0.312. The van der Waals surface area contributed by atoms with Gasteiger partial charge in [-0.25, -0.2) is 4.39 Å². The number of aromatic nitrogens is 2. The Morgan fingerprint density at radius 2 is 1.93 bits per heavy atom. The van der Waals surface area contributed by atoms with Crippen molar-refractivity contribution < 1.29 is 9.18 Å². The summed E-state index contributed by atoms with van der Waals surface area (Å²) < 4.78 is 14.0. The summed E-state index contributed by atoms with van der Waals surface area (Å²) >= 11 is 2.80. The predicted octanol–water partition coefficient (Wildman–Crippen LogP) is 4.43. The molecule has 0 aliphatic heterocycles. The first-order chi connectivity index (χ1) is 13.5. The molecule has 28 heavy (non-hydrogen) atoms. The molecule has 0 saturated carbocycles. The molecular weight excluding hydrogens is 395 g/mol. The standard InChI is InChI=1S/C20H21FN4OS2/c1-14(18(26)25(2)13-16-9-6-10-17(21)11-16)27-20-24-23-19(28-20)22-12-15-7-4-3-5-8-15/h3-11,14H,12-13H2,1-2H3,(H,22,23)/t14-/m0/s1. The zero-order chi connectivity index (χ0) is 19.9. The number of nitrogens with zero attached hydrogens (tertiary/aromatic N) is 3. The fourth-order valence-corrected chi connectivity index (χ4v) is 4.61. The van der Waals surface area contributed by atoms with Gasteiger partial charge in [-0.1, -0.05) is 65.6 Å². The van der Waals surface area contributed by atoms with Crippen molar-refractivity contribution >= 4 is 34.1 Å².